The highest BCUT2D eigenvalue weighted by molar-refractivity contribution is 7.89. The second kappa shape index (κ2) is 6.50. The van der Waals surface area contributed by atoms with Crippen LogP contribution < -0.4 is 15.8 Å². The first-order valence-corrected chi connectivity index (χ1v) is 7.43. The third kappa shape index (κ3) is 4.13. The summed E-state index contributed by atoms with van der Waals surface area (Å²) in [6.07, 6.45) is -0.210. The van der Waals surface area contributed by atoms with Crippen LogP contribution in [-0.2, 0) is 14.8 Å². The summed E-state index contributed by atoms with van der Waals surface area (Å²) in [7, 11) is -2.71. The van der Waals surface area contributed by atoms with E-state index in [0.717, 1.165) is 6.07 Å². The largest absolute Gasteiger partial charge is 0.383 e. The van der Waals surface area contributed by atoms with Gasteiger partial charge >= 0.3 is 5.69 Å². The second-order valence-electron chi connectivity index (χ2n) is 4.35. The molecule has 0 bridgehead atoms. The number of sulfonamides is 1. The maximum absolute atomic E-state index is 12.2. The minimum atomic E-state index is -4.15. The van der Waals surface area contributed by atoms with Crippen molar-refractivity contribution in [3.63, 3.8) is 0 Å². The Hall–Kier alpha value is -2.20. The molecule has 0 aliphatic heterocycles. The molecule has 0 spiro atoms. The van der Waals surface area contributed by atoms with Crippen molar-refractivity contribution in [1.29, 1.82) is 0 Å². The number of hydrogen-bond acceptors (Lipinski definition) is 6. The van der Waals surface area contributed by atoms with E-state index in [1.807, 2.05) is 0 Å². The number of rotatable bonds is 7. The van der Waals surface area contributed by atoms with Gasteiger partial charge in [-0.1, -0.05) is 6.07 Å². The highest BCUT2D eigenvalue weighted by Crippen LogP contribution is 2.31. The smallest absolute Gasteiger partial charge is 0.312 e. The molecule has 0 aliphatic rings. The van der Waals surface area contributed by atoms with Crippen molar-refractivity contribution in [2.45, 2.75) is 24.3 Å². The normalized spacial score (nSPS) is 12.7. The van der Waals surface area contributed by atoms with Crippen LogP contribution in [0.25, 0.3) is 0 Å². The molecule has 0 heterocycles. The Bertz CT molecular complexity index is 659. The van der Waals surface area contributed by atoms with Gasteiger partial charge in [-0.2, -0.15) is 0 Å². The van der Waals surface area contributed by atoms with E-state index in [0.29, 0.717) is 0 Å². The summed E-state index contributed by atoms with van der Waals surface area (Å²) < 4.78 is 26.6. The van der Waals surface area contributed by atoms with E-state index in [9.17, 15) is 23.3 Å². The van der Waals surface area contributed by atoms with Gasteiger partial charge in [0.05, 0.1) is 4.92 Å². The molecule has 116 valence electrons. The number of carbonyl (C=O) groups excluding carboxylic acids is 1. The number of nitrogens with two attached hydrogens (primary N) is 1. The van der Waals surface area contributed by atoms with E-state index in [1.54, 1.807) is 0 Å². The van der Waals surface area contributed by atoms with Crippen LogP contribution in [0, 0.1) is 10.1 Å². The Morgan fingerprint density at radius 2 is 2.10 bits per heavy atom. The number of primary amides is 1. The number of nitro benzene ring substituents is 1. The number of nitrogens with zero attached hydrogens (tertiary/aromatic N) is 1. The second-order valence-corrected chi connectivity index (χ2v) is 6.03. The SMILES string of the molecule is CNc1cccc(S(=O)(=O)NC(C)CC(N)=O)c1[N+](=O)[O-]. The summed E-state index contributed by atoms with van der Waals surface area (Å²) in [5.74, 6) is -0.677. The fourth-order valence-corrected chi connectivity index (χ4v) is 3.24. The third-order valence-corrected chi connectivity index (χ3v) is 4.23. The van der Waals surface area contributed by atoms with Crippen molar-refractivity contribution in [1.82, 2.24) is 4.72 Å². The maximum Gasteiger partial charge on any atom is 0.312 e. The molecule has 0 saturated carbocycles. The summed E-state index contributed by atoms with van der Waals surface area (Å²) in [4.78, 5) is 20.6. The topological polar surface area (TPSA) is 144 Å². The number of hydrogen-bond donors (Lipinski definition) is 3. The van der Waals surface area contributed by atoms with Crippen molar-refractivity contribution in [2.24, 2.45) is 5.73 Å². The lowest BCUT2D eigenvalue weighted by Crippen LogP contribution is -2.36. The lowest BCUT2D eigenvalue weighted by Gasteiger charge is -2.13. The number of para-hydroxylation sites is 1. The zero-order valence-corrected chi connectivity index (χ0v) is 12.3. The number of nitro groups is 1. The predicted molar refractivity (Wildman–Crippen MR) is 76.2 cm³/mol. The molecule has 1 rings (SSSR count). The van der Waals surface area contributed by atoms with E-state index in [2.05, 4.69) is 10.0 Å². The summed E-state index contributed by atoms with van der Waals surface area (Å²) in [6.45, 7) is 1.44. The molecular formula is C11H16N4O5S. The van der Waals surface area contributed by atoms with Crippen molar-refractivity contribution in [3.8, 4) is 0 Å². The van der Waals surface area contributed by atoms with Crippen LogP contribution in [0.5, 0.6) is 0 Å². The average Bonchev–Trinajstić information content (AvgIpc) is 2.35. The molecular weight excluding hydrogens is 300 g/mol. The van der Waals surface area contributed by atoms with Crippen LogP contribution in [0.3, 0.4) is 0 Å². The summed E-state index contributed by atoms with van der Waals surface area (Å²) in [5, 5.41) is 13.7. The molecule has 1 aromatic rings. The molecule has 0 aromatic heterocycles. The van der Waals surface area contributed by atoms with Gasteiger partial charge in [-0.25, -0.2) is 13.1 Å². The van der Waals surface area contributed by atoms with Gasteiger partial charge in [0.25, 0.3) is 0 Å². The fourth-order valence-electron chi connectivity index (χ4n) is 1.80. The summed E-state index contributed by atoms with van der Waals surface area (Å²) >= 11 is 0. The highest BCUT2D eigenvalue weighted by atomic mass is 32.2. The first kappa shape index (κ1) is 16.9. The van der Waals surface area contributed by atoms with Gasteiger partial charge < -0.3 is 11.1 Å². The van der Waals surface area contributed by atoms with Crippen molar-refractivity contribution in [3.05, 3.63) is 28.3 Å². The molecule has 0 fully saturated rings. The van der Waals surface area contributed by atoms with Crippen LogP contribution in [0.4, 0.5) is 11.4 Å². The number of amides is 1. The van der Waals surface area contributed by atoms with E-state index in [-0.39, 0.29) is 12.1 Å². The third-order valence-electron chi connectivity index (χ3n) is 2.60. The Morgan fingerprint density at radius 3 is 2.57 bits per heavy atom. The standard InChI is InChI=1S/C11H16N4O5S/c1-7(6-10(12)16)14-21(19,20)9-5-3-4-8(13-2)11(9)15(17)18/h3-5,7,13-14H,6H2,1-2H3,(H2,12,16). The Labute approximate surface area is 121 Å². The monoisotopic (exact) mass is 316 g/mol. The van der Waals surface area contributed by atoms with Gasteiger partial charge in [-0.3, -0.25) is 14.9 Å². The molecule has 0 radical (unpaired) electrons. The molecule has 10 heteroatoms. The molecule has 4 N–H and O–H groups in total. The number of benzene rings is 1. The van der Waals surface area contributed by atoms with Crippen molar-refractivity contribution >= 4 is 27.3 Å². The fraction of sp³-hybridized carbons (Fsp3) is 0.364. The molecule has 9 nitrogen and oxygen atoms in total. The Kier molecular flexibility index (Phi) is 5.22. The lowest BCUT2D eigenvalue weighted by atomic mass is 10.2. The number of anilines is 1. The van der Waals surface area contributed by atoms with E-state index < -0.39 is 37.5 Å². The van der Waals surface area contributed by atoms with E-state index in [4.69, 9.17) is 5.73 Å². The quantitative estimate of drug-likeness (QED) is 0.483. The molecule has 0 aliphatic carbocycles. The van der Waals surface area contributed by atoms with Crippen LogP contribution >= 0.6 is 0 Å². The van der Waals surface area contributed by atoms with E-state index in [1.165, 1.54) is 26.1 Å². The van der Waals surface area contributed by atoms with Gasteiger partial charge in [0.1, 0.15) is 5.69 Å². The number of carbonyl (C=O) groups is 1. The van der Waals surface area contributed by atoms with E-state index >= 15 is 0 Å². The van der Waals surface area contributed by atoms with Gasteiger partial charge in [0.15, 0.2) is 4.90 Å². The molecule has 1 aromatic carbocycles. The predicted octanol–water partition coefficient (Wildman–Crippen LogP) is 0.179. The van der Waals surface area contributed by atoms with Crippen LogP contribution in [0.15, 0.2) is 23.1 Å². The van der Waals surface area contributed by atoms with Crippen molar-refractivity contribution < 1.29 is 18.1 Å². The maximum atomic E-state index is 12.2. The van der Waals surface area contributed by atoms with Gasteiger partial charge in [0, 0.05) is 19.5 Å². The molecule has 1 amide bonds. The van der Waals surface area contributed by atoms with Crippen LogP contribution in [-0.4, -0.2) is 32.3 Å². The van der Waals surface area contributed by atoms with Crippen LogP contribution in [0.1, 0.15) is 13.3 Å². The molecule has 21 heavy (non-hydrogen) atoms. The van der Waals surface area contributed by atoms with Crippen molar-refractivity contribution in [2.75, 3.05) is 12.4 Å². The van der Waals surface area contributed by atoms with Gasteiger partial charge in [0.2, 0.25) is 15.9 Å². The summed E-state index contributed by atoms with van der Waals surface area (Å²) in [6, 6.07) is 3.12. The Balaban J connectivity index is 3.26. The molecule has 1 atom stereocenters. The van der Waals surface area contributed by atoms with Gasteiger partial charge in [-0.15, -0.1) is 0 Å². The minimum absolute atomic E-state index is 0.0745. The van der Waals surface area contributed by atoms with Gasteiger partial charge in [-0.05, 0) is 19.1 Å². The zero-order chi connectivity index (χ0) is 16.2. The molecule has 0 saturated heterocycles. The first-order chi connectivity index (χ1) is 9.69. The van der Waals surface area contributed by atoms with Crippen LogP contribution in [0.2, 0.25) is 0 Å². The lowest BCUT2D eigenvalue weighted by molar-refractivity contribution is -0.386. The highest BCUT2D eigenvalue weighted by Gasteiger charge is 2.29. The zero-order valence-electron chi connectivity index (χ0n) is 11.5. The first-order valence-electron chi connectivity index (χ1n) is 5.94. The summed E-state index contributed by atoms with van der Waals surface area (Å²) in [5.41, 5.74) is 4.50. The average molecular weight is 316 g/mol. The number of nitrogens with one attached hydrogen (secondary N) is 2. The Morgan fingerprint density at radius 1 is 1.48 bits per heavy atom. The minimum Gasteiger partial charge on any atom is -0.383 e. The molecule has 1 unspecified atom stereocenters.